The number of alkyl halides is 3. The van der Waals surface area contributed by atoms with Crippen LogP contribution in [0.2, 0.25) is 0 Å². The predicted octanol–water partition coefficient (Wildman–Crippen LogP) is 3.54. The Balaban J connectivity index is 1.76. The molecule has 0 aliphatic carbocycles. The molecule has 0 aliphatic heterocycles. The van der Waals surface area contributed by atoms with Gasteiger partial charge in [0.05, 0.1) is 18.7 Å². The average Bonchev–Trinajstić information content (AvgIpc) is 2.65. The molecule has 0 spiro atoms. The highest BCUT2D eigenvalue weighted by Crippen LogP contribution is 2.30. The summed E-state index contributed by atoms with van der Waals surface area (Å²) in [6.45, 7) is 1.15. The maximum absolute atomic E-state index is 12.5. The van der Waals surface area contributed by atoms with E-state index in [1.54, 1.807) is 31.4 Å². The molecule has 2 rings (SSSR count). The van der Waals surface area contributed by atoms with E-state index in [2.05, 4.69) is 5.32 Å². The van der Waals surface area contributed by atoms with Crippen molar-refractivity contribution < 1.29 is 32.2 Å². The fourth-order valence-electron chi connectivity index (χ4n) is 2.15. The Hall–Kier alpha value is -2.74. The van der Waals surface area contributed by atoms with Crippen LogP contribution >= 0.6 is 0 Å². The average molecular weight is 383 g/mol. The minimum absolute atomic E-state index is 0.126. The maximum Gasteiger partial charge on any atom is 0.416 e. The third kappa shape index (κ3) is 6.82. The van der Waals surface area contributed by atoms with E-state index in [4.69, 9.17) is 14.2 Å². The molecule has 0 saturated carbocycles. The normalized spacial score (nSPS) is 11.1. The maximum atomic E-state index is 12.5. The Kier molecular flexibility index (Phi) is 7.48. The van der Waals surface area contributed by atoms with Crippen LogP contribution in [0.4, 0.5) is 13.2 Å². The molecule has 146 valence electrons. The number of carbonyl (C=O) groups excluding carboxylic acids is 1. The highest BCUT2D eigenvalue weighted by atomic mass is 19.4. The van der Waals surface area contributed by atoms with E-state index >= 15 is 0 Å². The molecule has 1 N–H and O–H groups in total. The van der Waals surface area contributed by atoms with Crippen LogP contribution in [-0.4, -0.2) is 39.4 Å². The Morgan fingerprint density at radius 2 is 1.67 bits per heavy atom. The highest BCUT2D eigenvalue weighted by Gasteiger charge is 2.29. The smallest absolute Gasteiger partial charge is 0.416 e. The van der Waals surface area contributed by atoms with Crippen LogP contribution < -0.4 is 14.8 Å². The van der Waals surface area contributed by atoms with E-state index in [0.717, 1.165) is 12.1 Å². The summed E-state index contributed by atoms with van der Waals surface area (Å²) < 4.78 is 53.1. The van der Waals surface area contributed by atoms with E-state index in [-0.39, 0.29) is 19.1 Å². The molecule has 0 bridgehead atoms. The summed E-state index contributed by atoms with van der Waals surface area (Å²) in [7, 11) is 1.57. The monoisotopic (exact) mass is 383 g/mol. The summed E-state index contributed by atoms with van der Waals surface area (Å²) >= 11 is 0. The van der Waals surface area contributed by atoms with Gasteiger partial charge in [0.25, 0.3) is 5.91 Å². The van der Waals surface area contributed by atoms with Crippen LogP contribution in [0.1, 0.15) is 15.9 Å². The highest BCUT2D eigenvalue weighted by molar-refractivity contribution is 5.94. The number of methoxy groups -OCH3 is 1. The molecule has 8 heteroatoms. The summed E-state index contributed by atoms with van der Waals surface area (Å²) in [5, 5.41) is 2.68. The molecule has 2 aromatic carbocycles. The van der Waals surface area contributed by atoms with Crippen molar-refractivity contribution in [1.82, 2.24) is 5.32 Å². The number of hydrogen-bond acceptors (Lipinski definition) is 4. The first-order valence-corrected chi connectivity index (χ1v) is 8.20. The van der Waals surface area contributed by atoms with Gasteiger partial charge in [-0.2, -0.15) is 13.2 Å². The van der Waals surface area contributed by atoms with Gasteiger partial charge in [-0.25, -0.2) is 0 Å². The summed E-state index contributed by atoms with van der Waals surface area (Å²) in [6, 6.07) is 11.1. The van der Waals surface area contributed by atoms with Crippen molar-refractivity contribution in [3.8, 4) is 11.5 Å². The van der Waals surface area contributed by atoms with Crippen molar-refractivity contribution >= 4 is 5.91 Å². The van der Waals surface area contributed by atoms with E-state index in [1.165, 1.54) is 12.1 Å². The van der Waals surface area contributed by atoms with E-state index < -0.39 is 11.7 Å². The van der Waals surface area contributed by atoms with Gasteiger partial charge in [0.2, 0.25) is 0 Å². The lowest BCUT2D eigenvalue weighted by atomic mass is 10.2. The van der Waals surface area contributed by atoms with Gasteiger partial charge in [-0.05, 0) is 42.5 Å². The topological polar surface area (TPSA) is 56.8 Å². The molecule has 0 radical (unpaired) electrons. The minimum atomic E-state index is -4.38. The van der Waals surface area contributed by atoms with Gasteiger partial charge in [-0.15, -0.1) is 0 Å². The second kappa shape index (κ2) is 9.82. The van der Waals surface area contributed by atoms with Crippen LogP contribution in [-0.2, 0) is 10.9 Å². The molecule has 0 aromatic heterocycles. The molecule has 0 saturated heterocycles. The molecule has 0 fully saturated rings. The molecular weight excluding hydrogens is 363 g/mol. The quantitative estimate of drug-likeness (QED) is 0.673. The fourth-order valence-corrected chi connectivity index (χ4v) is 2.15. The zero-order valence-corrected chi connectivity index (χ0v) is 14.7. The fraction of sp³-hybridized carbons (Fsp3) is 0.316. The second-order valence-corrected chi connectivity index (χ2v) is 5.50. The van der Waals surface area contributed by atoms with E-state index in [1.807, 2.05) is 0 Å². The molecule has 0 heterocycles. The number of benzene rings is 2. The first-order chi connectivity index (χ1) is 12.9. The van der Waals surface area contributed by atoms with Crippen molar-refractivity contribution in [2.45, 2.75) is 6.18 Å². The Labute approximate surface area is 155 Å². The number of carbonyl (C=O) groups is 1. The lowest BCUT2D eigenvalue weighted by Crippen LogP contribution is -2.28. The standard InChI is InChI=1S/C19H20F3NO4/c1-25-11-12-27-17-4-2-3-14(13-17)18(24)23-9-10-26-16-7-5-15(6-8-16)19(20,21)22/h2-8,13H,9-12H2,1H3,(H,23,24). The van der Waals surface area contributed by atoms with Gasteiger partial charge >= 0.3 is 6.18 Å². The van der Waals surface area contributed by atoms with Crippen molar-refractivity contribution in [2.75, 3.05) is 33.5 Å². The van der Waals surface area contributed by atoms with Crippen molar-refractivity contribution in [1.29, 1.82) is 0 Å². The zero-order valence-electron chi connectivity index (χ0n) is 14.7. The molecule has 27 heavy (non-hydrogen) atoms. The van der Waals surface area contributed by atoms with Crippen molar-refractivity contribution in [3.63, 3.8) is 0 Å². The van der Waals surface area contributed by atoms with Gasteiger partial charge in [0.1, 0.15) is 24.7 Å². The van der Waals surface area contributed by atoms with Gasteiger partial charge in [0.15, 0.2) is 0 Å². The minimum Gasteiger partial charge on any atom is -0.492 e. The van der Waals surface area contributed by atoms with Crippen LogP contribution in [0.15, 0.2) is 48.5 Å². The van der Waals surface area contributed by atoms with E-state index in [9.17, 15) is 18.0 Å². The van der Waals surface area contributed by atoms with Gasteiger partial charge in [-0.3, -0.25) is 4.79 Å². The molecule has 0 atom stereocenters. The van der Waals surface area contributed by atoms with Gasteiger partial charge in [0, 0.05) is 12.7 Å². The lowest BCUT2D eigenvalue weighted by molar-refractivity contribution is -0.137. The molecule has 5 nitrogen and oxygen atoms in total. The van der Waals surface area contributed by atoms with Crippen molar-refractivity contribution in [2.24, 2.45) is 0 Å². The number of ether oxygens (including phenoxy) is 3. The largest absolute Gasteiger partial charge is 0.492 e. The SMILES string of the molecule is COCCOc1cccc(C(=O)NCCOc2ccc(C(F)(F)F)cc2)c1. The van der Waals surface area contributed by atoms with Crippen LogP contribution in [0.3, 0.4) is 0 Å². The van der Waals surface area contributed by atoms with Crippen LogP contribution in [0.5, 0.6) is 11.5 Å². The predicted molar refractivity (Wildman–Crippen MR) is 93.1 cm³/mol. The van der Waals surface area contributed by atoms with Crippen LogP contribution in [0.25, 0.3) is 0 Å². The number of halogens is 3. The van der Waals surface area contributed by atoms with Crippen LogP contribution in [0, 0.1) is 0 Å². The molecule has 2 aromatic rings. The summed E-state index contributed by atoms with van der Waals surface area (Å²) in [5.41, 5.74) is -0.310. The third-order valence-corrected chi connectivity index (χ3v) is 3.49. The van der Waals surface area contributed by atoms with E-state index in [0.29, 0.717) is 30.3 Å². The zero-order chi connectivity index (χ0) is 19.7. The molecule has 1 amide bonds. The molecule has 0 aliphatic rings. The Morgan fingerprint density at radius 1 is 0.963 bits per heavy atom. The first-order valence-electron chi connectivity index (χ1n) is 8.20. The summed E-state index contributed by atoms with van der Waals surface area (Å²) in [6.07, 6.45) is -4.38. The van der Waals surface area contributed by atoms with Gasteiger partial charge < -0.3 is 19.5 Å². The number of hydrogen-bond donors (Lipinski definition) is 1. The number of nitrogens with one attached hydrogen (secondary N) is 1. The first kappa shape index (κ1) is 20.6. The Morgan fingerprint density at radius 3 is 2.33 bits per heavy atom. The number of amides is 1. The Bertz CT molecular complexity index is 732. The lowest BCUT2D eigenvalue weighted by Gasteiger charge is -2.10. The van der Waals surface area contributed by atoms with Gasteiger partial charge in [-0.1, -0.05) is 6.07 Å². The molecular formula is C19H20F3NO4. The van der Waals surface area contributed by atoms with Crippen molar-refractivity contribution in [3.05, 3.63) is 59.7 Å². The molecule has 0 unspecified atom stereocenters. The second-order valence-electron chi connectivity index (χ2n) is 5.50. The summed E-state index contributed by atoms with van der Waals surface area (Å²) in [5.74, 6) is 0.551. The third-order valence-electron chi connectivity index (χ3n) is 3.49. The summed E-state index contributed by atoms with van der Waals surface area (Å²) in [4.78, 5) is 12.1. The number of rotatable bonds is 9.